The lowest BCUT2D eigenvalue weighted by atomic mass is 10.0. The average Bonchev–Trinajstić information content (AvgIpc) is 3.48. The molecule has 0 saturated carbocycles. The number of anilines is 1. The number of piperazine rings is 1. The van der Waals surface area contributed by atoms with Crippen molar-refractivity contribution >= 4 is 17.1 Å². The van der Waals surface area contributed by atoms with Crippen LogP contribution in [0.4, 0.5) is 5.69 Å². The largest absolute Gasteiger partial charge is 0.495 e. The maximum Gasteiger partial charge on any atom is 0.240 e. The van der Waals surface area contributed by atoms with Gasteiger partial charge in [-0.05, 0) is 25.1 Å². The molecule has 0 bridgehead atoms. The molecule has 2 aliphatic rings. The summed E-state index contributed by atoms with van der Waals surface area (Å²) in [5.74, 6) is 1.52. The molecule has 1 amide bonds. The van der Waals surface area contributed by atoms with Gasteiger partial charge in [0.2, 0.25) is 11.8 Å². The number of amides is 1. The van der Waals surface area contributed by atoms with Gasteiger partial charge in [-0.25, -0.2) is 9.50 Å². The first kappa shape index (κ1) is 20.6. The van der Waals surface area contributed by atoms with Crippen LogP contribution in [0.25, 0.3) is 16.8 Å². The van der Waals surface area contributed by atoms with Crippen LogP contribution in [0.1, 0.15) is 13.3 Å². The van der Waals surface area contributed by atoms with Crippen molar-refractivity contribution in [3.05, 3.63) is 36.7 Å². The Morgan fingerprint density at radius 2 is 2.06 bits per heavy atom. The summed E-state index contributed by atoms with van der Waals surface area (Å²) in [6.45, 7) is 6.42. The predicted octanol–water partition coefficient (Wildman–Crippen LogP) is 1.72. The number of hydrogen-bond acceptors (Lipinski definition) is 7. The van der Waals surface area contributed by atoms with Gasteiger partial charge in [0.15, 0.2) is 0 Å². The zero-order valence-electron chi connectivity index (χ0n) is 18.4. The van der Waals surface area contributed by atoms with E-state index in [9.17, 15) is 4.79 Å². The van der Waals surface area contributed by atoms with E-state index in [1.807, 2.05) is 25.3 Å². The molecule has 32 heavy (non-hydrogen) atoms. The number of hydrogen-bond donors (Lipinski definition) is 2. The van der Waals surface area contributed by atoms with E-state index < -0.39 is 0 Å². The highest BCUT2D eigenvalue weighted by Gasteiger charge is 2.29. The minimum atomic E-state index is -0.153. The van der Waals surface area contributed by atoms with E-state index in [0.717, 1.165) is 54.4 Å². The zero-order valence-corrected chi connectivity index (χ0v) is 18.4. The van der Waals surface area contributed by atoms with Crippen LogP contribution in [0, 0.1) is 5.92 Å². The molecule has 2 aliphatic heterocycles. The van der Waals surface area contributed by atoms with E-state index in [4.69, 9.17) is 14.5 Å². The molecule has 4 heterocycles. The Balaban J connectivity index is 1.47. The Morgan fingerprint density at radius 1 is 1.22 bits per heavy atom. The molecule has 168 valence electrons. The Labute approximate surface area is 186 Å². The Hall–Kier alpha value is -3.33. The Kier molecular flexibility index (Phi) is 5.57. The first-order valence-corrected chi connectivity index (χ1v) is 11.0. The fourth-order valence-electron chi connectivity index (χ4n) is 4.36. The highest BCUT2D eigenvalue weighted by Crippen LogP contribution is 2.34. The van der Waals surface area contributed by atoms with E-state index >= 15 is 0 Å². The van der Waals surface area contributed by atoms with Gasteiger partial charge in [-0.3, -0.25) is 4.79 Å². The summed E-state index contributed by atoms with van der Waals surface area (Å²) >= 11 is 0. The summed E-state index contributed by atoms with van der Waals surface area (Å²) in [7, 11) is 1.70. The van der Waals surface area contributed by atoms with Crippen molar-refractivity contribution in [3.63, 3.8) is 0 Å². The summed E-state index contributed by atoms with van der Waals surface area (Å²) in [6, 6.07) is 8.05. The van der Waals surface area contributed by atoms with Gasteiger partial charge in [0, 0.05) is 50.6 Å². The summed E-state index contributed by atoms with van der Waals surface area (Å²) in [4.78, 5) is 18.8. The number of methoxy groups -OCH3 is 1. The van der Waals surface area contributed by atoms with Crippen LogP contribution in [0.15, 0.2) is 36.7 Å². The Morgan fingerprint density at radius 3 is 2.81 bits per heavy atom. The molecule has 0 radical (unpaired) electrons. The number of fused-ring (bicyclic) bond motifs is 1. The maximum atomic E-state index is 11.6. The zero-order chi connectivity index (χ0) is 22.1. The van der Waals surface area contributed by atoms with Gasteiger partial charge in [-0.15, -0.1) is 0 Å². The predicted molar refractivity (Wildman–Crippen MR) is 121 cm³/mol. The van der Waals surface area contributed by atoms with Crippen LogP contribution in [-0.2, 0) is 4.79 Å². The molecular formula is C23H28N6O3. The third-order valence-electron chi connectivity index (χ3n) is 6.26. The molecule has 2 N–H and O–H groups in total. The van der Waals surface area contributed by atoms with E-state index in [2.05, 4.69) is 32.8 Å². The highest BCUT2D eigenvalue weighted by molar-refractivity contribution is 5.78. The van der Waals surface area contributed by atoms with Gasteiger partial charge in [-0.2, -0.15) is 5.10 Å². The minimum absolute atomic E-state index is 0.0679. The first-order valence-electron chi connectivity index (χ1n) is 11.0. The smallest absolute Gasteiger partial charge is 0.240 e. The summed E-state index contributed by atoms with van der Waals surface area (Å²) in [5.41, 5.74) is 3.55. The van der Waals surface area contributed by atoms with Crippen molar-refractivity contribution in [2.24, 2.45) is 5.92 Å². The van der Waals surface area contributed by atoms with Crippen LogP contribution in [0.2, 0.25) is 0 Å². The normalized spacial score (nSPS) is 19.8. The van der Waals surface area contributed by atoms with Crippen molar-refractivity contribution in [2.75, 3.05) is 44.7 Å². The lowest BCUT2D eigenvalue weighted by Crippen LogP contribution is -2.43. The van der Waals surface area contributed by atoms with E-state index in [-0.39, 0.29) is 17.9 Å². The number of rotatable bonds is 6. The maximum absolute atomic E-state index is 11.6. The van der Waals surface area contributed by atoms with Crippen LogP contribution >= 0.6 is 0 Å². The van der Waals surface area contributed by atoms with E-state index in [1.54, 1.807) is 17.8 Å². The molecule has 2 aromatic heterocycles. The molecule has 0 spiro atoms. The van der Waals surface area contributed by atoms with Crippen molar-refractivity contribution in [2.45, 2.75) is 19.4 Å². The molecule has 5 rings (SSSR count). The number of nitrogens with one attached hydrogen (secondary N) is 2. The fraction of sp³-hybridized carbons (Fsp3) is 0.435. The average molecular weight is 437 g/mol. The summed E-state index contributed by atoms with van der Waals surface area (Å²) < 4.78 is 13.7. The second-order valence-electron chi connectivity index (χ2n) is 8.31. The molecule has 9 nitrogen and oxygen atoms in total. The van der Waals surface area contributed by atoms with E-state index in [1.165, 1.54) is 0 Å². The lowest BCUT2D eigenvalue weighted by molar-refractivity contribution is -0.119. The topological polar surface area (TPSA) is 93.0 Å². The van der Waals surface area contributed by atoms with Gasteiger partial charge < -0.3 is 25.0 Å². The SMILES string of the molecule is COc1cc(-c2cn3nccc3c(OC(C)[C@H]3CNC(=O)C3)n2)ccc1N1CCNCC1. The van der Waals surface area contributed by atoms with Crippen molar-refractivity contribution in [3.8, 4) is 22.9 Å². The molecule has 2 saturated heterocycles. The Bertz CT molecular complexity index is 1120. The second kappa shape index (κ2) is 8.66. The molecule has 3 aromatic rings. The first-order chi connectivity index (χ1) is 15.6. The molecule has 2 fully saturated rings. The van der Waals surface area contributed by atoms with Crippen molar-refractivity contribution < 1.29 is 14.3 Å². The molecular weight excluding hydrogens is 408 g/mol. The molecule has 9 heteroatoms. The number of aromatic nitrogens is 3. The quantitative estimate of drug-likeness (QED) is 0.608. The van der Waals surface area contributed by atoms with Gasteiger partial charge in [-0.1, -0.05) is 6.07 Å². The van der Waals surface area contributed by atoms with Gasteiger partial charge >= 0.3 is 0 Å². The molecule has 1 aromatic carbocycles. The van der Waals surface area contributed by atoms with Gasteiger partial charge in [0.05, 0.1) is 30.9 Å². The number of carbonyl (C=O) groups is 1. The third-order valence-corrected chi connectivity index (χ3v) is 6.26. The lowest BCUT2D eigenvalue weighted by Gasteiger charge is -2.30. The highest BCUT2D eigenvalue weighted by atomic mass is 16.5. The van der Waals surface area contributed by atoms with Gasteiger partial charge in [0.25, 0.3) is 0 Å². The van der Waals surface area contributed by atoms with Crippen LogP contribution < -0.4 is 25.0 Å². The number of ether oxygens (including phenoxy) is 2. The van der Waals surface area contributed by atoms with Gasteiger partial charge in [0.1, 0.15) is 17.4 Å². The van der Waals surface area contributed by atoms with Crippen LogP contribution in [0.3, 0.4) is 0 Å². The summed E-state index contributed by atoms with van der Waals surface area (Å²) in [6.07, 6.45) is 3.95. The molecule has 0 aliphatic carbocycles. The van der Waals surface area contributed by atoms with E-state index in [0.29, 0.717) is 18.8 Å². The number of carbonyl (C=O) groups excluding carboxylic acids is 1. The number of nitrogens with zero attached hydrogens (tertiary/aromatic N) is 4. The van der Waals surface area contributed by atoms with Crippen molar-refractivity contribution in [1.82, 2.24) is 25.2 Å². The third kappa shape index (κ3) is 3.95. The number of benzene rings is 1. The summed E-state index contributed by atoms with van der Waals surface area (Å²) in [5, 5.41) is 10.7. The van der Waals surface area contributed by atoms with Crippen LogP contribution in [-0.4, -0.2) is 66.4 Å². The van der Waals surface area contributed by atoms with Crippen molar-refractivity contribution in [1.29, 1.82) is 0 Å². The standard InChI is InChI=1S/C23H28N6O3/c1-15(17-12-22(30)25-13-17)32-23-20-5-6-26-29(20)14-18(27-23)16-3-4-19(21(11-16)31-2)28-9-7-24-8-10-28/h3-6,11,14-15,17,24H,7-10,12-13H2,1-2H3,(H,25,30)/t15?,17-/m1/s1. The van der Waals surface area contributed by atoms with Crippen LogP contribution in [0.5, 0.6) is 11.6 Å². The fourth-order valence-corrected chi connectivity index (χ4v) is 4.36. The second-order valence-corrected chi connectivity index (χ2v) is 8.31. The monoisotopic (exact) mass is 436 g/mol. The molecule has 1 unspecified atom stereocenters. The molecule has 2 atom stereocenters. The minimum Gasteiger partial charge on any atom is -0.495 e.